The zero-order chi connectivity index (χ0) is 14.5. The minimum atomic E-state index is -0.0705. The highest BCUT2D eigenvalue weighted by atomic mass is 16.1. The normalized spacial score (nSPS) is 11.2. The lowest BCUT2D eigenvalue weighted by molar-refractivity contribution is -0.112. The number of hydrogen-bond donors (Lipinski definition) is 1. The molecule has 0 saturated heterocycles. The van der Waals surface area contributed by atoms with E-state index >= 15 is 0 Å². The molecule has 0 heterocycles. The fourth-order valence-corrected chi connectivity index (χ4v) is 2.14. The molecule has 1 amide bonds. The summed E-state index contributed by atoms with van der Waals surface area (Å²) in [6, 6.07) is 15.9. The lowest BCUT2D eigenvalue weighted by Gasteiger charge is -2.08. The van der Waals surface area contributed by atoms with Gasteiger partial charge >= 0.3 is 0 Å². The number of anilines is 1. The number of carbonyl (C=O) groups is 1. The first-order valence-electron chi connectivity index (χ1n) is 6.67. The average Bonchev–Trinajstić information content (AvgIpc) is 2.38. The largest absolute Gasteiger partial charge is 0.322 e. The van der Waals surface area contributed by atoms with Crippen LogP contribution in [0.25, 0.3) is 6.08 Å². The summed E-state index contributed by atoms with van der Waals surface area (Å²) >= 11 is 0. The summed E-state index contributed by atoms with van der Waals surface area (Å²) in [6.45, 7) is 5.87. The Morgan fingerprint density at radius 3 is 2.20 bits per heavy atom. The van der Waals surface area contributed by atoms with Gasteiger partial charge in [-0.25, -0.2) is 0 Å². The maximum Gasteiger partial charge on any atom is 0.251 e. The summed E-state index contributed by atoms with van der Waals surface area (Å²) < 4.78 is 0. The number of nitrogens with one attached hydrogen (secondary N) is 1. The topological polar surface area (TPSA) is 29.1 Å². The number of aryl methyl sites for hydroxylation is 2. The minimum absolute atomic E-state index is 0.0705. The summed E-state index contributed by atoms with van der Waals surface area (Å²) in [5.74, 6) is -0.0705. The zero-order valence-electron chi connectivity index (χ0n) is 12.1. The van der Waals surface area contributed by atoms with E-state index in [9.17, 15) is 4.79 Å². The van der Waals surface area contributed by atoms with E-state index in [1.807, 2.05) is 69.3 Å². The third-order valence-electron chi connectivity index (χ3n) is 3.02. The molecule has 2 heteroatoms. The predicted octanol–water partition coefficient (Wildman–Crippen LogP) is 4.35. The second-order valence-corrected chi connectivity index (χ2v) is 5.07. The summed E-state index contributed by atoms with van der Waals surface area (Å²) in [6.07, 6.45) is 1.89. The molecule has 0 aromatic heterocycles. The van der Waals surface area contributed by atoms with Crippen molar-refractivity contribution in [3.8, 4) is 0 Å². The van der Waals surface area contributed by atoms with Gasteiger partial charge < -0.3 is 5.32 Å². The van der Waals surface area contributed by atoms with Gasteiger partial charge in [-0.2, -0.15) is 0 Å². The standard InChI is InChI=1S/C18H19NO/c1-13-9-14(2)11-17(10-13)19-18(20)15(3)12-16-7-5-4-6-8-16/h4-12H,1-3H3,(H,19,20)/b15-12+. The molecule has 20 heavy (non-hydrogen) atoms. The number of amides is 1. The van der Waals surface area contributed by atoms with Crippen LogP contribution in [0.1, 0.15) is 23.6 Å². The monoisotopic (exact) mass is 265 g/mol. The van der Waals surface area contributed by atoms with Crippen molar-refractivity contribution in [2.45, 2.75) is 20.8 Å². The smallest absolute Gasteiger partial charge is 0.251 e. The van der Waals surface area contributed by atoms with Crippen molar-refractivity contribution >= 4 is 17.7 Å². The van der Waals surface area contributed by atoms with E-state index in [1.165, 1.54) is 0 Å². The maximum absolute atomic E-state index is 12.2. The number of hydrogen-bond acceptors (Lipinski definition) is 1. The van der Waals surface area contributed by atoms with E-state index in [-0.39, 0.29) is 5.91 Å². The van der Waals surface area contributed by atoms with E-state index in [2.05, 4.69) is 11.4 Å². The van der Waals surface area contributed by atoms with Gasteiger partial charge in [-0.05, 0) is 55.7 Å². The van der Waals surface area contributed by atoms with Gasteiger partial charge in [0, 0.05) is 11.3 Å². The molecule has 2 aromatic rings. The molecule has 0 bridgehead atoms. The first-order valence-corrected chi connectivity index (χ1v) is 6.67. The molecule has 0 aliphatic heterocycles. The van der Waals surface area contributed by atoms with Crippen LogP contribution in [0.4, 0.5) is 5.69 Å². The molecule has 2 aromatic carbocycles. The third kappa shape index (κ3) is 3.82. The molecule has 2 rings (SSSR count). The van der Waals surface area contributed by atoms with Gasteiger partial charge in [0.15, 0.2) is 0 Å². The Labute approximate surface area is 120 Å². The second kappa shape index (κ2) is 6.20. The van der Waals surface area contributed by atoms with Crippen molar-refractivity contribution in [1.29, 1.82) is 0 Å². The van der Waals surface area contributed by atoms with E-state index in [1.54, 1.807) is 0 Å². The van der Waals surface area contributed by atoms with E-state index < -0.39 is 0 Å². The summed E-state index contributed by atoms with van der Waals surface area (Å²) in [4.78, 5) is 12.2. The van der Waals surface area contributed by atoms with Crippen molar-refractivity contribution in [2.24, 2.45) is 0 Å². The highest BCUT2D eigenvalue weighted by Crippen LogP contribution is 2.15. The van der Waals surface area contributed by atoms with Crippen LogP contribution in [0, 0.1) is 13.8 Å². The molecule has 102 valence electrons. The molecule has 0 fully saturated rings. The highest BCUT2D eigenvalue weighted by Gasteiger charge is 2.05. The fraction of sp³-hybridized carbons (Fsp3) is 0.167. The number of benzene rings is 2. The molecule has 0 aliphatic carbocycles. The van der Waals surface area contributed by atoms with E-state index in [0.717, 1.165) is 22.4 Å². The van der Waals surface area contributed by atoms with Crippen LogP contribution >= 0.6 is 0 Å². The molecule has 1 N–H and O–H groups in total. The first kappa shape index (κ1) is 14.1. The molecule has 2 nitrogen and oxygen atoms in total. The third-order valence-corrected chi connectivity index (χ3v) is 3.02. The predicted molar refractivity (Wildman–Crippen MR) is 84.6 cm³/mol. The van der Waals surface area contributed by atoms with Crippen LogP contribution < -0.4 is 5.32 Å². The van der Waals surface area contributed by atoms with Gasteiger partial charge in [0.05, 0.1) is 0 Å². The van der Waals surface area contributed by atoms with E-state index in [4.69, 9.17) is 0 Å². The minimum Gasteiger partial charge on any atom is -0.322 e. The lowest BCUT2D eigenvalue weighted by Crippen LogP contribution is -2.12. The van der Waals surface area contributed by atoms with E-state index in [0.29, 0.717) is 5.57 Å². The van der Waals surface area contributed by atoms with Crippen molar-refractivity contribution in [3.63, 3.8) is 0 Å². The van der Waals surface area contributed by atoms with Gasteiger partial charge in [0.2, 0.25) is 0 Å². The fourth-order valence-electron chi connectivity index (χ4n) is 2.14. The van der Waals surface area contributed by atoms with Crippen LogP contribution in [0.5, 0.6) is 0 Å². The quantitative estimate of drug-likeness (QED) is 0.821. The molecule has 0 radical (unpaired) electrons. The maximum atomic E-state index is 12.2. The number of carbonyl (C=O) groups excluding carboxylic acids is 1. The van der Waals surface area contributed by atoms with Crippen molar-refractivity contribution < 1.29 is 4.79 Å². The Bertz CT molecular complexity index is 621. The Morgan fingerprint density at radius 1 is 1.00 bits per heavy atom. The Kier molecular flexibility index (Phi) is 4.36. The van der Waals surface area contributed by atoms with Crippen LogP contribution in [0.3, 0.4) is 0 Å². The highest BCUT2D eigenvalue weighted by molar-refractivity contribution is 6.06. The summed E-state index contributed by atoms with van der Waals surface area (Å²) in [7, 11) is 0. The van der Waals surface area contributed by atoms with Gasteiger partial charge in [-0.1, -0.05) is 36.4 Å². The van der Waals surface area contributed by atoms with Gasteiger partial charge in [0.1, 0.15) is 0 Å². The Balaban J connectivity index is 2.13. The lowest BCUT2D eigenvalue weighted by atomic mass is 10.1. The second-order valence-electron chi connectivity index (χ2n) is 5.07. The molecule has 0 aliphatic rings. The average molecular weight is 265 g/mol. The SMILES string of the molecule is C/C(=C\c1ccccc1)C(=O)Nc1cc(C)cc(C)c1. The van der Waals surface area contributed by atoms with Gasteiger partial charge in [-0.3, -0.25) is 4.79 Å². The summed E-state index contributed by atoms with van der Waals surface area (Å²) in [5, 5.41) is 2.94. The van der Waals surface area contributed by atoms with Crippen LogP contribution in [0.15, 0.2) is 54.1 Å². The first-order chi connectivity index (χ1) is 9.54. The van der Waals surface area contributed by atoms with Crippen molar-refractivity contribution in [3.05, 3.63) is 70.8 Å². The van der Waals surface area contributed by atoms with Crippen LogP contribution in [0.2, 0.25) is 0 Å². The Morgan fingerprint density at radius 2 is 1.60 bits per heavy atom. The molecular weight excluding hydrogens is 246 g/mol. The number of rotatable bonds is 3. The van der Waals surface area contributed by atoms with Crippen LogP contribution in [-0.2, 0) is 4.79 Å². The van der Waals surface area contributed by atoms with Crippen molar-refractivity contribution in [1.82, 2.24) is 0 Å². The zero-order valence-corrected chi connectivity index (χ0v) is 12.1. The van der Waals surface area contributed by atoms with Crippen molar-refractivity contribution in [2.75, 3.05) is 5.32 Å². The summed E-state index contributed by atoms with van der Waals surface area (Å²) in [5.41, 5.74) is 4.85. The Hall–Kier alpha value is -2.35. The van der Waals surface area contributed by atoms with Crippen LogP contribution in [-0.4, -0.2) is 5.91 Å². The molecule has 0 unspecified atom stereocenters. The van der Waals surface area contributed by atoms with Gasteiger partial charge in [0.25, 0.3) is 5.91 Å². The molecule has 0 spiro atoms. The molecule has 0 atom stereocenters. The molecule has 0 saturated carbocycles. The molecular formula is C18H19NO. The van der Waals surface area contributed by atoms with Gasteiger partial charge in [-0.15, -0.1) is 0 Å².